The lowest BCUT2D eigenvalue weighted by Crippen LogP contribution is -2.05. The molecule has 0 aliphatic heterocycles. The molecule has 0 bridgehead atoms. The molecular weight excluding hydrogens is 198 g/mol. The highest BCUT2D eigenvalue weighted by atomic mass is 32.2. The van der Waals surface area contributed by atoms with Crippen molar-refractivity contribution in [2.45, 2.75) is 11.4 Å². The maximum Gasteiger partial charge on any atom is 0.189 e. The second kappa shape index (κ2) is 4.27. The smallest absolute Gasteiger partial charge is 0.189 e. The fraction of sp³-hybridized carbons (Fsp3) is 0.200. The molecule has 2 N–H and O–H groups in total. The molecule has 74 valence electrons. The number of nitrogens with two attached hydrogens (primary N) is 1. The van der Waals surface area contributed by atoms with Crippen molar-refractivity contribution in [2.24, 2.45) is 5.73 Å². The molecule has 4 heteroatoms. The van der Waals surface area contributed by atoms with Crippen molar-refractivity contribution in [3.05, 3.63) is 29.8 Å². The van der Waals surface area contributed by atoms with Gasteiger partial charge in [0.15, 0.2) is 9.84 Å². The first-order chi connectivity index (χ1) is 6.60. The van der Waals surface area contributed by atoms with Gasteiger partial charge in [0, 0.05) is 6.54 Å². The molecule has 14 heavy (non-hydrogen) atoms. The van der Waals surface area contributed by atoms with E-state index < -0.39 is 9.84 Å². The molecule has 0 aromatic heterocycles. The summed E-state index contributed by atoms with van der Waals surface area (Å²) in [7, 11) is -3.31. The van der Waals surface area contributed by atoms with Crippen LogP contribution in [0.1, 0.15) is 5.56 Å². The van der Waals surface area contributed by atoms with Crippen molar-refractivity contribution in [1.82, 2.24) is 0 Å². The third kappa shape index (κ3) is 2.34. The Morgan fingerprint density at radius 2 is 1.86 bits per heavy atom. The van der Waals surface area contributed by atoms with Crippen LogP contribution in [-0.2, 0) is 16.4 Å². The quantitative estimate of drug-likeness (QED) is 0.740. The summed E-state index contributed by atoms with van der Waals surface area (Å²) in [5.74, 6) is 1.85. The molecule has 0 spiro atoms. The Bertz CT molecular complexity index is 440. The van der Waals surface area contributed by atoms with E-state index in [9.17, 15) is 8.42 Å². The highest BCUT2D eigenvalue weighted by Crippen LogP contribution is 2.11. The van der Waals surface area contributed by atoms with Crippen molar-refractivity contribution < 1.29 is 8.42 Å². The predicted molar refractivity (Wildman–Crippen MR) is 55.2 cm³/mol. The van der Waals surface area contributed by atoms with Crippen LogP contribution in [0.2, 0.25) is 0 Å². The maximum absolute atomic E-state index is 11.5. The fourth-order valence-electron chi connectivity index (χ4n) is 1.03. The zero-order valence-corrected chi connectivity index (χ0v) is 8.42. The molecule has 0 unspecified atom stereocenters. The maximum atomic E-state index is 11.5. The molecule has 1 aromatic rings. The summed E-state index contributed by atoms with van der Waals surface area (Å²) in [5.41, 5.74) is 6.28. The van der Waals surface area contributed by atoms with E-state index in [4.69, 9.17) is 12.2 Å². The molecule has 0 saturated heterocycles. The molecule has 0 aliphatic rings. The van der Waals surface area contributed by atoms with Gasteiger partial charge in [0.05, 0.1) is 4.90 Å². The highest BCUT2D eigenvalue weighted by molar-refractivity contribution is 7.91. The topological polar surface area (TPSA) is 60.2 Å². The van der Waals surface area contributed by atoms with E-state index in [-0.39, 0.29) is 10.6 Å². The van der Waals surface area contributed by atoms with Gasteiger partial charge < -0.3 is 5.73 Å². The third-order valence-electron chi connectivity index (χ3n) is 1.79. The van der Waals surface area contributed by atoms with Gasteiger partial charge in [-0.1, -0.05) is 18.1 Å². The molecule has 0 radical (unpaired) electrons. The summed E-state index contributed by atoms with van der Waals surface area (Å²) < 4.78 is 22.9. The Kier molecular flexibility index (Phi) is 3.28. The number of rotatable bonds is 3. The summed E-state index contributed by atoms with van der Waals surface area (Å²) >= 11 is 0. The van der Waals surface area contributed by atoms with E-state index >= 15 is 0 Å². The van der Waals surface area contributed by atoms with Gasteiger partial charge in [-0.15, -0.1) is 6.42 Å². The average molecular weight is 209 g/mol. The fourth-order valence-corrected chi connectivity index (χ4v) is 1.96. The Morgan fingerprint density at radius 3 is 2.29 bits per heavy atom. The van der Waals surface area contributed by atoms with Crippen LogP contribution in [0.3, 0.4) is 0 Å². The standard InChI is InChI=1S/C10H11NO2S/c1-2-7-14(12,13)10-5-3-9(8-11)4-6-10/h1,3-6H,7-8,11H2. The third-order valence-corrected chi connectivity index (χ3v) is 3.33. The summed E-state index contributed by atoms with van der Waals surface area (Å²) in [6, 6.07) is 6.41. The van der Waals surface area contributed by atoms with E-state index in [1.54, 1.807) is 12.1 Å². The van der Waals surface area contributed by atoms with Crippen LogP contribution in [0.15, 0.2) is 29.2 Å². The largest absolute Gasteiger partial charge is 0.326 e. The minimum absolute atomic E-state index is 0.243. The molecule has 0 atom stereocenters. The monoisotopic (exact) mass is 209 g/mol. The zero-order chi connectivity index (χ0) is 10.6. The van der Waals surface area contributed by atoms with Crippen LogP contribution in [0, 0.1) is 12.3 Å². The van der Waals surface area contributed by atoms with E-state index in [0.29, 0.717) is 6.54 Å². The van der Waals surface area contributed by atoms with E-state index in [1.807, 2.05) is 0 Å². The normalized spacial score (nSPS) is 10.9. The predicted octanol–water partition coefficient (Wildman–Crippen LogP) is 0.552. The number of terminal acetylenes is 1. The first-order valence-corrected chi connectivity index (χ1v) is 5.70. The summed E-state index contributed by atoms with van der Waals surface area (Å²) in [5, 5.41) is 0. The molecule has 0 fully saturated rings. The molecule has 0 heterocycles. The van der Waals surface area contributed by atoms with Gasteiger partial charge in [0.2, 0.25) is 0 Å². The molecule has 3 nitrogen and oxygen atoms in total. The van der Waals surface area contributed by atoms with Crippen molar-refractivity contribution in [1.29, 1.82) is 0 Å². The summed E-state index contributed by atoms with van der Waals surface area (Å²) in [4.78, 5) is 0.243. The highest BCUT2D eigenvalue weighted by Gasteiger charge is 2.11. The van der Waals surface area contributed by atoms with E-state index in [0.717, 1.165) is 5.56 Å². The molecule has 1 rings (SSSR count). The lowest BCUT2D eigenvalue weighted by atomic mass is 10.2. The van der Waals surface area contributed by atoms with Crippen LogP contribution in [-0.4, -0.2) is 14.2 Å². The van der Waals surface area contributed by atoms with Crippen LogP contribution >= 0.6 is 0 Å². The lowest BCUT2D eigenvalue weighted by Gasteiger charge is -2.01. The van der Waals surface area contributed by atoms with Crippen molar-refractivity contribution in [3.63, 3.8) is 0 Å². The second-order valence-corrected chi connectivity index (χ2v) is 4.80. The van der Waals surface area contributed by atoms with Crippen LogP contribution in [0.5, 0.6) is 0 Å². The number of hydrogen-bond acceptors (Lipinski definition) is 3. The second-order valence-electron chi connectivity index (χ2n) is 2.81. The van der Waals surface area contributed by atoms with Gasteiger partial charge in [-0.3, -0.25) is 0 Å². The molecule has 0 amide bonds. The first kappa shape index (κ1) is 10.8. The Labute approximate surface area is 83.9 Å². The van der Waals surface area contributed by atoms with E-state index in [1.165, 1.54) is 12.1 Å². The lowest BCUT2D eigenvalue weighted by molar-refractivity contribution is 0.599. The van der Waals surface area contributed by atoms with Crippen molar-refractivity contribution >= 4 is 9.84 Å². The Hall–Kier alpha value is -1.31. The van der Waals surface area contributed by atoms with Crippen LogP contribution in [0.25, 0.3) is 0 Å². The molecule has 1 aromatic carbocycles. The Balaban J connectivity index is 3.05. The van der Waals surface area contributed by atoms with E-state index in [2.05, 4.69) is 5.92 Å². The minimum atomic E-state index is -3.31. The van der Waals surface area contributed by atoms with Gasteiger partial charge in [0.1, 0.15) is 5.75 Å². The zero-order valence-electron chi connectivity index (χ0n) is 7.60. The number of hydrogen-bond donors (Lipinski definition) is 1. The first-order valence-electron chi connectivity index (χ1n) is 4.05. The SMILES string of the molecule is C#CCS(=O)(=O)c1ccc(CN)cc1. The summed E-state index contributed by atoms with van der Waals surface area (Å²) in [6.45, 7) is 0.398. The van der Waals surface area contributed by atoms with Gasteiger partial charge >= 0.3 is 0 Å². The van der Waals surface area contributed by atoms with Gasteiger partial charge in [-0.05, 0) is 17.7 Å². The minimum Gasteiger partial charge on any atom is -0.326 e. The average Bonchev–Trinajstić information content (AvgIpc) is 2.18. The molecule has 0 saturated carbocycles. The van der Waals surface area contributed by atoms with Crippen LogP contribution < -0.4 is 5.73 Å². The molecule has 0 aliphatic carbocycles. The van der Waals surface area contributed by atoms with Gasteiger partial charge in [0.25, 0.3) is 0 Å². The van der Waals surface area contributed by atoms with Gasteiger partial charge in [-0.2, -0.15) is 0 Å². The van der Waals surface area contributed by atoms with Crippen LogP contribution in [0.4, 0.5) is 0 Å². The number of sulfone groups is 1. The number of benzene rings is 1. The van der Waals surface area contributed by atoms with Crippen molar-refractivity contribution in [2.75, 3.05) is 5.75 Å². The van der Waals surface area contributed by atoms with Gasteiger partial charge in [-0.25, -0.2) is 8.42 Å². The molecular formula is C10H11NO2S. The van der Waals surface area contributed by atoms with Crippen molar-refractivity contribution in [3.8, 4) is 12.3 Å². The summed E-state index contributed by atoms with van der Waals surface area (Å²) in [6.07, 6.45) is 4.96. The Morgan fingerprint density at radius 1 is 1.29 bits per heavy atom.